The molecule has 0 bridgehead atoms. The largest absolute Gasteiger partial charge is 0.333 e. The number of imidazole rings is 1. The summed E-state index contributed by atoms with van der Waals surface area (Å²) >= 11 is 0. The summed E-state index contributed by atoms with van der Waals surface area (Å²) in [6.07, 6.45) is 4.35. The molecule has 1 aromatic heterocycles. The van der Waals surface area contributed by atoms with E-state index < -0.39 is 9.84 Å². The zero-order valence-corrected chi connectivity index (χ0v) is 8.27. The van der Waals surface area contributed by atoms with E-state index in [1.807, 2.05) is 0 Å². The Morgan fingerprint density at radius 2 is 2.36 bits per heavy atom. The molecule has 0 aromatic carbocycles. The predicted molar refractivity (Wildman–Crippen MR) is 49.9 cm³/mol. The molecule has 0 amide bonds. The van der Waals surface area contributed by atoms with E-state index in [2.05, 4.69) is 4.98 Å². The van der Waals surface area contributed by atoms with Gasteiger partial charge in [-0.3, -0.25) is 4.79 Å². The van der Waals surface area contributed by atoms with Crippen molar-refractivity contribution in [2.24, 2.45) is 0 Å². The molecule has 0 aliphatic carbocycles. The number of nitrogens with zero attached hydrogens (tertiary/aromatic N) is 2. The first-order valence-electron chi connectivity index (χ1n) is 4.30. The predicted octanol–water partition coefficient (Wildman–Crippen LogP) is 0.0552. The van der Waals surface area contributed by atoms with Crippen LogP contribution in [0.25, 0.3) is 0 Å². The van der Waals surface area contributed by atoms with Gasteiger partial charge < -0.3 is 4.57 Å². The molecule has 0 radical (unpaired) electrons. The van der Waals surface area contributed by atoms with Crippen LogP contribution in [0.4, 0.5) is 0 Å². The van der Waals surface area contributed by atoms with E-state index in [1.54, 1.807) is 10.8 Å². The fourth-order valence-corrected chi connectivity index (χ4v) is 3.35. The van der Waals surface area contributed by atoms with E-state index in [-0.39, 0.29) is 17.5 Å². The van der Waals surface area contributed by atoms with Crippen molar-refractivity contribution in [3.63, 3.8) is 0 Å². The van der Waals surface area contributed by atoms with Crippen LogP contribution in [0, 0.1) is 0 Å². The molecule has 76 valence electrons. The van der Waals surface area contributed by atoms with Gasteiger partial charge in [0.2, 0.25) is 0 Å². The van der Waals surface area contributed by atoms with Crippen LogP contribution in [-0.4, -0.2) is 35.8 Å². The first-order valence-corrected chi connectivity index (χ1v) is 6.12. The van der Waals surface area contributed by atoms with Gasteiger partial charge in [-0.2, -0.15) is 0 Å². The molecule has 1 saturated heterocycles. The van der Waals surface area contributed by atoms with E-state index >= 15 is 0 Å². The van der Waals surface area contributed by atoms with Crippen molar-refractivity contribution in [3.8, 4) is 0 Å². The zero-order valence-electron chi connectivity index (χ0n) is 7.46. The van der Waals surface area contributed by atoms with Crippen molar-refractivity contribution in [3.05, 3.63) is 18.2 Å². The fraction of sp³-hybridized carbons (Fsp3) is 0.500. The van der Waals surface area contributed by atoms with E-state index in [4.69, 9.17) is 0 Å². The lowest BCUT2D eigenvalue weighted by molar-refractivity contribution is 0.111. The second-order valence-corrected chi connectivity index (χ2v) is 5.65. The lowest BCUT2D eigenvalue weighted by Gasteiger charge is -2.07. The molecule has 6 heteroatoms. The quantitative estimate of drug-likeness (QED) is 0.652. The average Bonchev–Trinajstić information content (AvgIpc) is 2.70. The van der Waals surface area contributed by atoms with Crippen molar-refractivity contribution in [2.75, 3.05) is 11.5 Å². The number of carbonyl (C=O) groups excluding carboxylic acids is 1. The molecule has 5 nitrogen and oxygen atoms in total. The number of aromatic nitrogens is 2. The molecule has 0 N–H and O–H groups in total. The first kappa shape index (κ1) is 9.39. The molecule has 1 unspecified atom stereocenters. The molecular formula is C8H10N2O3S. The molecule has 1 atom stereocenters. The molecule has 1 aromatic rings. The zero-order chi connectivity index (χ0) is 10.2. The number of rotatable bonds is 2. The third-order valence-electron chi connectivity index (χ3n) is 2.37. The van der Waals surface area contributed by atoms with Gasteiger partial charge in [0.1, 0.15) is 5.69 Å². The molecule has 1 aliphatic heterocycles. The monoisotopic (exact) mass is 214 g/mol. The van der Waals surface area contributed by atoms with Gasteiger partial charge >= 0.3 is 0 Å². The van der Waals surface area contributed by atoms with Crippen LogP contribution in [0.3, 0.4) is 0 Å². The van der Waals surface area contributed by atoms with Gasteiger partial charge in [-0.15, -0.1) is 0 Å². The molecular weight excluding hydrogens is 204 g/mol. The molecule has 1 fully saturated rings. The van der Waals surface area contributed by atoms with Crippen LogP contribution >= 0.6 is 0 Å². The fourth-order valence-electron chi connectivity index (χ4n) is 1.62. The number of hydrogen-bond acceptors (Lipinski definition) is 4. The summed E-state index contributed by atoms with van der Waals surface area (Å²) in [6.45, 7) is 0. The highest BCUT2D eigenvalue weighted by molar-refractivity contribution is 7.91. The molecule has 0 spiro atoms. The molecule has 14 heavy (non-hydrogen) atoms. The van der Waals surface area contributed by atoms with Gasteiger partial charge in [-0.25, -0.2) is 13.4 Å². The number of hydrogen-bond donors (Lipinski definition) is 0. The van der Waals surface area contributed by atoms with Gasteiger partial charge in [-0.1, -0.05) is 0 Å². The highest BCUT2D eigenvalue weighted by atomic mass is 32.2. The summed E-state index contributed by atoms with van der Waals surface area (Å²) in [6, 6.07) is -0.0544. The van der Waals surface area contributed by atoms with Crippen LogP contribution in [0.1, 0.15) is 23.0 Å². The van der Waals surface area contributed by atoms with E-state index in [1.165, 1.54) is 6.33 Å². The summed E-state index contributed by atoms with van der Waals surface area (Å²) < 4.78 is 24.1. The van der Waals surface area contributed by atoms with Crippen molar-refractivity contribution >= 4 is 16.1 Å². The Labute approximate surface area is 81.7 Å². The Kier molecular flexibility index (Phi) is 2.14. The van der Waals surface area contributed by atoms with Crippen LogP contribution < -0.4 is 0 Å². The van der Waals surface area contributed by atoms with Crippen molar-refractivity contribution in [1.29, 1.82) is 0 Å². The van der Waals surface area contributed by atoms with Crippen molar-refractivity contribution in [1.82, 2.24) is 9.55 Å². The first-order chi connectivity index (χ1) is 6.61. The molecule has 1 aliphatic rings. The third kappa shape index (κ3) is 1.70. The van der Waals surface area contributed by atoms with Crippen LogP contribution in [0.5, 0.6) is 0 Å². The van der Waals surface area contributed by atoms with Crippen LogP contribution in [-0.2, 0) is 9.84 Å². The maximum absolute atomic E-state index is 11.2. The summed E-state index contributed by atoms with van der Waals surface area (Å²) in [5.41, 5.74) is 0.342. The van der Waals surface area contributed by atoms with E-state index in [0.29, 0.717) is 18.4 Å². The van der Waals surface area contributed by atoms with E-state index in [9.17, 15) is 13.2 Å². The Balaban J connectivity index is 2.21. The number of carbonyl (C=O) groups is 1. The second-order valence-electron chi connectivity index (χ2n) is 3.42. The number of sulfone groups is 1. The lowest BCUT2D eigenvalue weighted by atomic mass is 10.3. The van der Waals surface area contributed by atoms with Gasteiger partial charge in [0, 0.05) is 12.2 Å². The van der Waals surface area contributed by atoms with Crippen LogP contribution in [0.2, 0.25) is 0 Å². The average molecular weight is 214 g/mol. The summed E-state index contributed by atoms with van der Waals surface area (Å²) in [7, 11) is -2.88. The highest BCUT2D eigenvalue weighted by Gasteiger charge is 2.28. The highest BCUT2D eigenvalue weighted by Crippen LogP contribution is 2.23. The topological polar surface area (TPSA) is 69.0 Å². The molecule has 0 saturated carbocycles. The van der Waals surface area contributed by atoms with Gasteiger partial charge in [0.15, 0.2) is 16.1 Å². The maximum atomic E-state index is 11.2. The standard InChI is InChI=1S/C8H10N2O3S/c11-4-7-3-10(6-9-7)8-1-2-14(12,13)5-8/h3-4,6,8H,1-2,5H2. The van der Waals surface area contributed by atoms with Crippen LogP contribution in [0.15, 0.2) is 12.5 Å². The summed E-state index contributed by atoms with van der Waals surface area (Å²) in [5.74, 6) is 0.383. The second kappa shape index (κ2) is 3.20. The minimum Gasteiger partial charge on any atom is -0.333 e. The lowest BCUT2D eigenvalue weighted by Crippen LogP contribution is -2.09. The Morgan fingerprint density at radius 1 is 1.57 bits per heavy atom. The minimum absolute atomic E-state index is 0.0544. The summed E-state index contributed by atoms with van der Waals surface area (Å²) in [5, 5.41) is 0. The Morgan fingerprint density at radius 3 is 2.86 bits per heavy atom. The van der Waals surface area contributed by atoms with Gasteiger partial charge in [0.25, 0.3) is 0 Å². The number of aldehydes is 1. The van der Waals surface area contributed by atoms with Gasteiger partial charge in [0.05, 0.1) is 17.8 Å². The summed E-state index contributed by atoms with van der Waals surface area (Å²) in [4.78, 5) is 14.2. The van der Waals surface area contributed by atoms with Crippen molar-refractivity contribution < 1.29 is 13.2 Å². The molecule has 2 rings (SSSR count). The smallest absolute Gasteiger partial charge is 0.169 e. The molecule has 2 heterocycles. The SMILES string of the molecule is O=Cc1cn(C2CCS(=O)(=O)C2)cn1. The Hall–Kier alpha value is -1.17. The Bertz CT molecular complexity index is 449. The minimum atomic E-state index is -2.88. The van der Waals surface area contributed by atoms with Gasteiger partial charge in [-0.05, 0) is 6.42 Å². The van der Waals surface area contributed by atoms with Crippen molar-refractivity contribution in [2.45, 2.75) is 12.5 Å². The van der Waals surface area contributed by atoms with E-state index in [0.717, 1.165) is 0 Å². The normalized spacial score (nSPS) is 25.0. The third-order valence-corrected chi connectivity index (χ3v) is 4.12. The maximum Gasteiger partial charge on any atom is 0.169 e.